The van der Waals surface area contributed by atoms with Crippen molar-refractivity contribution >= 4 is 28.7 Å². The van der Waals surface area contributed by atoms with Gasteiger partial charge in [-0.2, -0.15) is 5.26 Å². The van der Waals surface area contributed by atoms with E-state index in [-0.39, 0.29) is 35.7 Å². The Morgan fingerprint density at radius 2 is 1.66 bits per heavy atom. The number of morpholine rings is 1. The van der Waals surface area contributed by atoms with Crippen molar-refractivity contribution in [1.82, 2.24) is 10.2 Å². The second-order valence-corrected chi connectivity index (χ2v) is 11.8. The van der Waals surface area contributed by atoms with Crippen molar-refractivity contribution in [2.24, 2.45) is 5.73 Å². The average Bonchev–Trinajstić information content (AvgIpc) is 3.70. The number of hydrogen-bond acceptors (Lipinski definition) is 7. The molecule has 0 unspecified atom stereocenters. The average molecular weight is 607 g/mol. The van der Waals surface area contributed by atoms with Crippen molar-refractivity contribution in [2.75, 3.05) is 33.4 Å². The van der Waals surface area contributed by atoms with Gasteiger partial charge in [-0.25, -0.2) is 8.78 Å². The zero-order chi connectivity index (χ0) is 31.3. The van der Waals surface area contributed by atoms with Gasteiger partial charge in [0.05, 0.1) is 37.4 Å². The molecule has 230 valence electrons. The lowest BCUT2D eigenvalue weighted by atomic mass is 9.66. The molecule has 44 heavy (non-hydrogen) atoms. The molecule has 3 fully saturated rings. The van der Waals surface area contributed by atoms with Gasteiger partial charge in [-0.3, -0.25) is 14.4 Å². The zero-order valence-corrected chi connectivity index (χ0v) is 24.2. The maximum Gasteiger partial charge on any atom is 0.284 e. The maximum absolute atomic E-state index is 14.4. The van der Waals surface area contributed by atoms with Crippen LogP contribution in [0.15, 0.2) is 40.8 Å². The van der Waals surface area contributed by atoms with Crippen molar-refractivity contribution in [3.63, 3.8) is 0 Å². The summed E-state index contributed by atoms with van der Waals surface area (Å²) in [6, 6.07) is 12.4. The first kappa shape index (κ1) is 29.6. The summed E-state index contributed by atoms with van der Waals surface area (Å²) in [6.07, 6.45) is -0.726. The van der Waals surface area contributed by atoms with Crippen LogP contribution in [0.25, 0.3) is 22.1 Å². The SMILES string of the molecule is COc1cc(-c2ccc3c(C4(C(=O)NC5(C#N)CC5)CCC(F)(F)CC4)c(C(N)=O)oc3c2)ccc1C(=O)N1CCOCC1. The minimum atomic E-state index is -2.97. The zero-order valence-electron chi connectivity index (χ0n) is 24.2. The Hall–Kier alpha value is -4.50. The molecule has 1 aliphatic heterocycles. The Kier molecular flexibility index (Phi) is 7.32. The van der Waals surface area contributed by atoms with Crippen molar-refractivity contribution in [2.45, 2.75) is 55.4 Å². The van der Waals surface area contributed by atoms with Crippen LogP contribution >= 0.6 is 0 Å². The molecule has 3 aliphatic rings. The van der Waals surface area contributed by atoms with Crippen molar-refractivity contribution in [1.29, 1.82) is 5.26 Å². The first-order valence-electron chi connectivity index (χ1n) is 14.6. The largest absolute Gasteiger partial charge is 0.496 e. The molecular weight excluding hydrogens is 574 g/mol. The van der Waals surface area contributed by atoms with Crippen molar-refractivity contribution in [3.05, 3.63) is 53.3 Å². The number of nitrogens with one attached hydrogen (secondary N) is 1. The Morgan fingerprint density at radius 3 is 2.27 bits per heavy atom. The summed E-state index contributed by atoms with van der Waals surface area (Å²) in [5.74, 6) is -4.56. The topological polar surface area (TPSA) is 148 Å². The van der Waals surface area contributed by atoms with E-state index >= 15 is 0 Å². The first-order valence-corrected chi connectivity index (χ1v) is 14.6. The molecule has 0 bridgehead atoms. The van der Waals surface area contributed by atoms with Gasteiger partial charge in [0.15, 0.2) is 5.76 Å². The fraction of sp³-hybridized carbons (Fsp3) is 0.438. The molecule has 0 spiro atoms. The van der Waals surface area contributed by atoms with Gasteiger partial charge >= 0.3 is 0 Å². The van der Waals surface area contributed by atoms with Gasteiger partial charge in [-0.15, -0.1) is 0 Å². The summed E-state index contributed by atoms with van der Waals surface area (Å²) in [5.41, 5.74) is 5.30. The first-order chi connectivity index (χ1) is 21.0. The van der Waals surface area contributed by atoms with E-state index < -0.39 is 41.5 Å². The summed E-state index contributed by atoms with van der Waals surface area (Å²) in [6.45, 7) is 1.90. The van der Waals surface area contributed by atoms with Gasteiger partial charge in [0, 0.05) is 36.9 Å². The van der Waals surface area contributed by atoms with Crippen LogP contribution in [-0.4, -0.2) is 67.5 Å². The molecule has 3 N–H and O–H groups in total. The second-order valence-electron chi connectivity index (χ2n) is 11.8. The minimum absolute atomic E-state index is 0.164. The van der Waals surface area contributed by atoms with Crippen LogP contribution in [-0.2, 0) is 14.9 Å². The van der Waals surface area contributed by atoms with Gasteiger partial charge in [-0.05, 0) is 55.0 Å². The quantitative estimate of drug-likeness (QED) is 0.408. The highest BCUT2D eigenvalue weighted by Crippen LogP contribution is 2.50. The predicted octanol–water partition coefficient (Wildman–Crippen LogP) is 4.30. The molecule has 3 amide bonds. The number of methoxy groups -OCH3 is 1. The number of amides is 3. The number of carbonyl (C=O) groups is 3. The van der Waals surface area contributed by atoms with Gasteiger partial charge < -0.3 is 29.8 Å². The highest BCUT2D eigenvalue weighted by molar-refractivity contribution is 6.05. The second kappa shape index (κ2) is 10.9. The van der Waals surface area contributed by atoms with Crippen LogP contribution in [0.4, 0.5) is 8.78 Å². The van der Waals surface area contributed by atoms with E-state index in [2.05, 4.69) is 11.4 Å². The van der Waals surface area contributed by atoms with Crippen molar-refractivity contribution < 1.29 is 37.1 Å². The summed E-state index contributed by atoms with van der Waals surface area (Å²) >= 11 is 0. The molecule has 2 heterocycles. The third kappa shape index (κ3) is 5.15. The van der Waals surface area contributed by atoms with Crippen LogP contribution in [0.5, 0.6) is 5.75 Å². The lowest BCUT2D eigenvalue weighted by Crippen LogP contribution is -2.52. The molecule has 1 aromatic heterocycles. The van der Waals surface area contributed by atoms with E-state index in [0.717, 1.165) is 0 Å². The van der Waals surface area contributed by atoms with E-state index in [4.69, 9.17) is 19.6 Å². The molecule has 0 radical (unpaired) electrons. The monoisotopic (exact) mass is 606 g/mol. The van der Waals surface area contributed by atoms with Gasteiger partial charge in [-0.1, -0.05) is 18.2 Å². The molecule has 6 rings (SSSR count). The number of benzene rings is 2. The third-order valence-corrected chi connectivity index (χ3v) is 9.04. The summed E-state index contributed by atoms with van der Waals surface area (Å²) in [5, 5.41) is 12.8. The fourth-order valence-electron chi connectivity index (χ4n) is 6.27. The van der Waals surface area contributed by atoms with Crippen LogP contribution in [0, 0.1) is 11.3 Å². The number of rotatable bonds is 7. The van der Waals surface area contributed by atoms with E-state index in [1.165, 1.54) is 7.11 Å². The lowest BCUT2D eigenvalue weighted by Gasteiger charge is -2.39. The van der Waals surface area contributed by atoms with Gasteiger partial charge in [0.1, 0.15) is 16.9 Å². The van der Waals surface area contributed by atoms with Crippen LogP contribution in [0.3, 0.4) is 0 Å². The molecule has 1 saturated heterocycles. The number of furan rings is 1. The smallest absolute Gasteiger partial charge is 0.284 e. The number of carbonyl (C=O) groups excluding carboxylic acids is 3. The fourth-order valence-corrected chi connectivity index (χ4v) is 6.27. The van der Waals surface area contributed by atoms with Gasteiger partial charge in [0.25, 0.3) is 11.8 Å². The molecule has 12 heteroatoms. The summed E-state index contributed by atoms with van der Waals surface area (Å²) in [4.78, 5) is 41.4. The van der Waals surface area contributed by atoms with E-state index in [1.54, 1.807) is 41.3 Å². The summed E-state index contributed by atoms with van der Waals surface area (Å²) < 4.78 is 45.6. The van der Waals surface area contributed by atoms with Crippen molar-refractivity contribution in [3.8, 4) is 22.9 Å². The van der Waals surface area contributed by atoms with Gasteiger partial charge in [0.2, 0.25) is 11.8 Å². The van der Waals surface area contributed by atoms with E-state index in [0.29, 0.717) is 67.0 Å². The molecule has 0 atom stereocenters. The number of ether oxygens (including phenoxy) is 2. The number of fused-ring (bicyclic) bond motifs is 1. The Balaban J connectivity index is 1.41. The minimum Gasteiger partial charge on any atom is -0.496 e. The number of nitriles is 1. The number of alkyl halides is 2. The van der Waals surface area contributed by atoms with Crippen LogP contribution in [0.2, 0.25) is 0 Å². The number of nitrogens with zero attached hydrogens (tertiary/aromatic N) is 2. The van der Waals surface area contributed by atoms with Crippen LogP contribution in [0.1, 0.15) is 65.0 Å². The third-order valence-electron chi connectivity index (χ3n) is 9.04. The molecule has 2 saturated carbocycles. The maximum atomic E-state index is 14.4. The van der Waals surface area contributed by atoms with Crippen LogP contribution < -0.4 is 15.8 Å². The highest BCUT2D eigenvalue weighted by Gasteiger charge is 2.55. The Bertz CT molecular complexity index is 1690. The molecule has 3 aromatic rings. The number of hydrogen-bond donors (Lipinski definition) is 2. The van der Waals surface area contributed by atoms with E-state index in [1.807, 2.05) is 0 Å². The molecule has 2 aromatic carbocycles. The lowest BCUT2D eigenvalue weighted by molar-refractivity contribution is -0.132. The standard InChI is InChI=1S/C32H32F2N4O6/c1-42-23-16-19(3-5-22(23)28(40)38-12-14-43-15-13-38)20-2-4-21-24(17-20)44-26(27(36)39)25(21)31(8-10-32(33,34)11-9-31)29(41)37-30(18-35)6-7-30/h2-5,16-17H,6-15H2,1H3,(H2,36,39)(H,37,41). The number of halogens is 2. The highest BCUT2D eigenvalue weighted by atomic mass is 19.3. The number of primary amides is 1. The molecular formula is C32H32F2N4O6. The molecule has 2 aliphatic carbocycles. The summed E-state index contributed by atoms with van der Waals surface area (Å²) in [7, 11) is 1.48. The molecule has 10 nitrogen and oxygen atoms in total. The Labute approximate surface area is 252 Å². The predicted molar refractivity (Wildman–Crippen MR) is 154 cm³/mol. The normalized spacial score (nSPS) is 20.0. The van der Waals surface area contributed by atoms with E-state index in [9.17, 15) is 28.4 Å². The number of nitrogens with two attached hydrogens (primary N) is 1. The Morgan fingerprint density at radius 1 is 1.00 bits per heavy atom.